The van der Waals surface area contributed by atoms with E-state index in [1.807, 2.05) is 0 Å². The number of hydrogen-bond donors (Lipinski definition) is 1. The van der Waals surface area contributed by atoms with Crippen molar-refractivity contribution in [2.75, 3.05) is 11.9 Å². The molecule has 1 aliphatic rings. The number of nitrogens with one attached hydrogen (secondary N) is 1. The summed E-state index contributed by atoms with van der Waals surface area (Å²) >= 11 is 1.70. The van der Waals surface area contributed by atoms with Crippen molar-refractivity contribution in [1.29, 1.82) is 0 Å². The zero-order chi connectivity index (χ0) is 13.8. The second-order valence-electron chi connectivity index (χ2n) is 5.05. The van der Waals surface area contributed by atoms with Crippen LogP contribution >= 0.6 is 11.3 Å². The lowest BCUT2D eigenvalue weighted by Crippen LogP contribution is -2.34. The molecule has 1 saturated carbocycles. The summed E-state index contributed by atoms with van der Waals surface area (Å²) in [4.78, 5) is 18.3. The number of thiophene rings is 1. The van der Waals surface area contributed by atoms with E-state index in [0.717, 1.165) is 12.2 Å². The van der Waals surface area contributed by atoms with Crippen molar-refractivity contribution >= 4 is 22.9 Å². The van der Waals surface area contributed by atoms with Gasteiger partial charge in [-0.3, -0.25) is 14.7 Å². The summed E-state index contributed by atoms with van der Waals surface area (Å²) in [6.45, 7) is 1.31. The van der Waals surface area contributed by atoms with E-state index < -0.39 is 0 Å². The molecule has 5 heteroatoms. The molecule has 1 aliphatic carbocycles. The van der Waals surface area contributed by atoms with Crippen LogP contribution in [0.2, 0.25) is 0 Å². The summed E-state index contributed by atoms with van der Waals surface area (Å²) in [6, 6.07) is 6.30. The molecule has 0 spiro atoms. The molecular weight excluding hydrogens is 270 g/mol. The van der Waals surface area contributed by atoms with Crippen LogP contribution in [0.15, 0.2) is 41.4 Å². The summed E-state index contributed by atoms with van der Waals surface area (Å²) in [7, 11) is 0. The lowest BCUT2D eigenvalue weighted by atomic mass is 10.3. The van der Waals surface area contributed by atoms with Gasteiger partial charge in [0.15, 0.2) is 0 Å². The molecule has 0 saturated heterocycles. The Bertz CT molecular complexity index is 552. The Balaban J connectivity index is 1.57. The Morgan fingerprint density at radius 1 is 1.35 bits per heavy atom. The zero-order valence-electron chi connectivity index (χ0n) is 11.2. The van der Waals surface area contributed by atoms with Gasteiger partial charge in [-0.05, 0) is 47.4 Å². The molecule has 0 atom stereocenters. The van der Waals surface area contributed by atoms with E-state index in [4.69, 9.17) is 0 Å². The number of rotatable bonds is 6. The van der Waals surface area contributed by atoms with Gasteiger partial charge in [-0.2, -0.15) is 11.3 Å². The van der Waals surface area contributed by atoms with Crippen molar-refractivity contribution in [3.8, 4) is 0 Å². The number of amides is 1. The maximum absolute atomic E-state index is 12.1. The first-order chi connectivity index (χ1) is 9.81. The molecule has 1 amide bonds. The van der Waals surface area contributed by atoms with Crippen LogP contribution in [0, 0.1) is 0 Å². The Hall–Kier alpha value is -1.72. The Kier molecular flexibility index (Phi) is 4.08. The predicted molar refractivity (Wildman–Crippen MR) is 80.6 cm³/mol. The van der Waals surface area contributed by atoms with Gasteiger partial charge >= 0.3 is 0 Å². The van der Waals surface area contributed by atoms with Gasteiger partial charge in [-0.25, -0.2) is 0 Å². The fraction of sp³-hybridized carbons (Fsp3) is 0.333. The first kappa shape index (κ1) is 13.3. The van der Waals surface area contributed by atoms with Crippen LogP contribution in [0.4, 0.5) is 5.69 Å². The summed E-state index contributed by atoms with van der Waals surface area (Å²) in [6.07, 6.45) is 5.76. The first-order valence-corrected chi connectivity index (χ1v) is 7.70. The van der Waals surface area contributed by atoms with E-state index in [1.54, 1.807) is 35.9 Å². The average Bonchev–Trinajstić information content (AvgIpc) is 3.18. The molecule has 1 N–H and O–H groups in total. The number of carbonyl (C=O) groups is 1. The van der Waals surface area contributed by atoms with Gasteiger partial charge in [-0.1, -0.05) is 0 Å². The monoisotopic (exact) mass is 287 g/mol. The molecular formula is C15H17N3OS. The number of hydrogen-bond acceptors (Lipinski definition) is 4. The molecule has 0 unspecified atom stereocenters. The number of nitrogens with zero attached hydrogens (tertiary/aromatic N) is 2. The lowest BCUT2D eigenvalue weighted by molar-refractivity contribution is -0.117. The maximum atomic E-state index is 12.1. The number of pyridine rings is 1. The molecule has 1 fully saturated rings. The van der Waals surface area contributed by atoms with Gasteiger partial charge in [0.1, 0.15) is 0 Å². The molecule has 104 valence electrons. The molecule has 0 aromatic carbocycles. The van der Waals surface area contributed by atoms with Gasteiger partial charge < -0.3 is 5.32 Å². The van der Waals surface area contributed by atoms with E-state index >= 15 is 0 Å². The molecule has 0 aliphatic heterocycles. The van der Waals surface area contributed by atoms with E-state index in [-0.39, 0.29) is 5.91 Å². The number of anilines is 1. The van der Waals surface area contributed by atoms with Crippen molar-refractivity contribution in [1.82, 2.24) is 9.88 Å². The first-order valence-electron chi connectivity index (χ1n) is 6.76. The molecule has 3 rings (SSSR count). The van der Waals surface area contributed by atoms with E-state index in [9.17, 15) is 4.79 Å². The van der Waals surface area contributed by atoms with Crippen LogP contribution in [-0.2, 0) is 11.3 Å². The molecule has 0 bridgehead atoms. The highest BCUT2D eigenvalue weighted by molar-refractivity contribution is 7.07. The maximum Gasteiger partial charge on any atom is 0.238 e. The van der Waals surface area contributed by atoms with Crippen LogP contribution in [0.5, 0.6) is 0 Å². The summed E-state index contributed by atoms with van der Waals surface area (Å²) in [5, 5.41) is 7.15. The topological polar surface area (TPSA) is 45.2 Å². The summed E-state index contributed by atoms with van der Waals surface area (Å²) in [5.74, 6) is 0.0401. The minimum Gasteiger partial charge on any atom is -0.325 e. The number of carbonyl (C=O) groups excluding carboxylic acids is 1. The van der Waals surface area contributed by atoms with Crippen LogP contribution in [0.3, 0.4) is 0 Å². The predicted octanol–water partition coefficient (Wildman–Crippen LogP) is 2.75. The molecule has 20 heavy (non-hydrogen) atoms. The van der Waals surface area contributed by atoms with Gasteiger partial charge in [0.25, 0.3) is 0 Å². The normalized spacial score (nSPS) is 14.4. The van der Waals surface area contributed by atoms with Gasteiger partial charge in [0.05, 0.1) is 6.54 Å². The lowest BCUT2D eigenvalue weighted by Gasteiger charge is -2.20. The van der Waals surface area contributed by atoms with Crippen molar-refractivity contribution in [3.63, 3.8) is 0 Å². The number of aromatic nitrogens is 1. The largest absolute Gasteiger partial charge is 0.325 e. The highest BCUT2D eigenvalue weighted by Crippen LogP contribution is 2.28. The van der Waals surface area contributed by atoms with E-state index in [2.05, 4.69) is 32.0 Å². The van der Waals surface area contributed by atoms with Gasteiger partial charge in [0, 0.05) is 30.7 Å². The smallest absolute Gasteiger partial charge is 0.238 e. The van der Waals surface area contributed by atoms with E-state index in [1.165, 1.54) is 18.4 Å². The third-order valence-corrected chi connectivity index (χ3v) is 4.07. The van der Waals surface area contributed by atoms with Crippen molar-refractivity contribution in [2.24, 2.45) is 0 Å². The zero-order valence-corrected chi connectivity index (χ0v) is 12.0. The summed E-state index contributed by atoms with van der Waals surface area (Å²) < 4.78 is 0. The minimum atomic E-state index is 0.0401. The molecule has 4 nitrogen and oxygen atoms in total. The Morgan fingerprint density at radius 2 is 2.15 bits per heavy atom. The van der Waals surface area contributed by atoms with Crippen LogP contribution in [0.1, 0.15) is 18.4 Å². The Labute approximate surface area is 122 Å². The molecule has 2 aromatic rings. The van der Waals surface area contributed by atoms with Gasteiger partial charge in [-0.15, -0.1) is 0 Å². The van der Waals surface area contributed by atoms with Crippen molar-refractivity contribution < 1.29 is 4.79 Å². The quantitative estimate of drug-likeness (QED) is 0.888. The standard InChI is InChI=1S/C15H17N3OS/c19-15(17-13-3-6-16-7-4-13)10-18(14-1-2-14)9-12-5-8-20-11-12/h3-8,11,14H,1-2,9-10H2,(H,16,17,19). The van der Waals surface area contributed by atoms with E-state index in [0.29, 0.717) is 12.6 Å². The summed E-state index contributed by atoms with van der Waals surface area (Å²) in [5.41, 5.74) is 2.09. The van der Waals surface area contributed by atoms with Crippen LogP contribution in [0.25, 0.3) is 0 Å². The van der Waals surface area contributed by atoms with Crippen LogP contribution in [-0.4, -0.2) is 28.4 Å². The third kappa shape index (κ3) is 3.65. The van der Waals surface area contributed by atoms with Crippen molar-refractivity contribution in [2.45, 2.75) is 25.4 Å². The molecule has 2 heterocycles. The minimum absolute atomic E-state index is 0.0401. The highest BCUT2D eigenvalue weighted by atomic mass is 32.1. The molecule has 0 radical (unpaired) electrons. The molecule has 2 aromatic heterocycles. The third-order valence-electron chi connectivity index (χ3n) is 3.34. The fourth-order valence-corrected chi connectivity index (χ4v) is 2.85. The van der Waals surface area contributed by atoms with Crippen LogP contribution < -0.4 is 5.32 Å². The second kappa shape index (κ2) is 6.15. The van der Waals surface area contributed by atoms with Gasteiger partial charge in [0.2, 0.25) is 5.91 Å². The fourth-order valence-electron chi connectivity index (χ4n) is 2.19. The highest BCUT2D eigenvalue weighted by Gasteiger charge is 2.30. The average molecular weight is 287 g/mol. The SMILES string of the molecule is O=C(CN(Cc1ccsc1)C1CC1)Nc1ccncc1. The second-order valence-corrected chi connectivity index (χ2v) is 5.83. The van der Waals surface area contributed by atoms with Crippen molar-refractivity contribution in [3.05, 3.63) is 46.9 Å². The Morgan fingerprint density at radius 3 is 2.80 bits per heavy atom.